The van der Waals surface area contributed by atoms with Crippen LogP contribution in [0.2, 0.25) is 0 Å². The number of benzene rings is 2. The minimum Gasteiger partial charge on any atom is -0.392 e. The number of aliphatic hydroxyl groups excluding tert-OH is 1. The van der Waals surface area contributed by atoms with Gasteiger partial charge in [0.1, 0.15) is 0 Å². The van der Waals surface area contributed by atoms with E-state index in [2.05, 4.69) is 10.2 Å². The lowest BCUT2D eigenvalue weighted by Gasteiger charge is -2.19. The molecule has 1 unspecified atom stereocenters. The van der Waals surface area contributed by atoms with Crippen molar-refractivity contribution in [2.45, 2.75) is 37.4 Å². The Labute approximate surface area is 166 Å². The lowest BCUT2D eigenvalue weighted by molar-refractivity contribution is 0.101. The van der Waals surface area contributed by atoms with Gasteiger partial charge >= 0.3 is 0 Å². The molecule has 1 heterocycles. The largest absolute Gasteiger partial charge is 0.392 e. The normalized spacial score (nSPS) is 17.6. The van der Waals surface area contributed by atoms with Crippen LogP contribution in [0.15, 0.2) is 47.4 Å². The Morgan fingerprint density at radius 2 is 1.93 bits per heavy atom. The van der Waals surface area contributed by atoms with Gasteiger partial charge in [-0.3, -0.25) is 9.69 Å². The van der Waals surface area contributed by atoms with Crippen molar-refractivity contribution in [1.82, 2.24) is 4.90 Å². The number of rotatable bonds is 7. The minimum absolute atomic E-state index is 0.115. The maximum Gasteiger partial charge on any atom is 0.177 e. The van der Waals surface area contributed by atoms with E-state index in [1.54, 1.807) is 6.07 Å². The van der Waals surface area contributed by atoms with Crippen molar-refractivity contribution in [1.29, 1.82) is 0 Å². The van der Waals surface area contributed by atoms with Gasteiger partial charge in [-0.05, 0) is 42.7 Å². The smallest absolute Gasteiger partial charge is 0.177 e. The molecule has 0 radical (unpaired) electrons. The molecule has 2 aromatic rings. The maximum absolute atomic E-state index is 12.1. The van der Waals surface area contributed by atoms with Crippen LogP contribution in [0.25, 0.3) is 0 Å². The molecule has 0 amide bonds. The molecule has 2 N–H and O–H groups in total. The number of hydrogen-bond acceptors (Lipinski definition) is 6. The van der Waals surface area contributed by atoms with Gasteiger partial charge in [0.2, 0.25) is 0 Å². The number of Topliss-reactive ketones (excluding diaryl/α,β-unsaturated/α-hetero) is 1. The van der Waals surface area contributed by atoms with Crippen LogP contribution in [0.4, 0.5) is 5.69 Å². The van der Waals surface area contributed by atoms with Crippen molar-refractivity contribution in [2.24, 2.45) is 0 Å². The van der Waals surface area contributed by atoms with Crippen LogP contribution >= 0.6 is 0 Å². The van der Waals surface area contributed by atoms with Crippen LogP contribution in [-0.2, 0) is 22.9 Å². The van der Waals surface area contributed by atoms with Crippen molar-refractivity contribution < 1.29 is 18.3 Å². The van der Waals surface area contributed by atoms with E-state index < -0.39 is 9.84 Å². The van der Waals surface area contributed by atoms with Gasteiger partial charge in [0, 0.05) is 38.0 Å². The average molecular weight is 403 g/mol. The summed E-state index contributed by atoms with van der Waals surface area (Å²) >= 11 is 0. The number of carbonyl (C=O) groups excluding carboxylic acids is 1. The molecule has 1 aliphatic rings. The van der Waals surface area contributed by atoms with Crippen molar-refractivity contribution in [3.8, 4) is 0 Å². The highest BCUT2D eigenvalue weighted by Crippen LogP contribution is 2.25. The molecule has 1 atom stereocenters. The number of likely N-dealkylation sites (tertiary alicyclic amines) is 1. The fraction of sp³-hybridized carbons (Fsp3) is 0.381. The molecule has 0 aliphatic carbocycles. The molecule has 0 spiro atoms. The highest BCUT2D eigenvalue weighted by atomic mass is 32.2. The molecule has 0 saturated carbocycles. The number of β-amino-alcohol motifs (C(OH)–C–C–N with tert-alkyl or cyclic N) is 1. The first kappa shape index (κ1) is 20.5. The van der Waals surface area contributed by atoms with Gasteiger partial charge in [-0.2, -0.15) is 0 Å². The van der Waals surface area contributed by atoms with E-state index in [-0.39, 0.29) is 16.8 Å². The quantitative estimate of drug-likeness (QED) is 0.692. The summed E-state index contributed by atoms with van der Waals surface area (Å²) in [6.07, 6.45) is 1.68. The summed E-state index contributed by atoms with van der Waals surface area (Å²) in [6.45, 7) is 4.17. The summed E-state index contributed by atoms with van der Waals surface area (Å²) in [5.74, 6) is -0.115. The third-order valence-corrected chi connectivity index (χ3v) is 6.17. The third kappa shape index (κ3) is 4.98. The van der Waals surface area contributed by atoms with Gasteiger partial charge in [-0.25, -0.2) is 8.42 Å². The Morgan fingerprint density at radius 1 is 1.21 bits per heavy atom. The number of sulfone groups is 1. The summed E-state index contributed by atoms with van der Waals surface area (Å²) in [7, 11) is -3.43. The van der Waals surface area contributed by atoms with Gasteiger partial charge in [0.25, 0.3) is 0 Å². The van der Waals surface area contributed by atoms with Crippen molar-refractivity contribution in [3.05, 3.63) is 59.2 Å². The predicted molar refractivity (Wildman–Crippen MR) is 109 cm³/mol. The number of hydrogen-bond donors (Lipinski definition) is 2. The molecule has 0 bridgehead atoms. The first-order valence-electron chi connectivity index (χ1n) is 9.30. The zero-order valence-corrected chi connectivity index (χ0v) is 17.0. The van der Waals surface area contributed by atoms with Gasteiger partial charge < -0.3 is 10.4 Å². The van der Waals surface area contributed by atoms with Gasteiger partial charge in [-0.15, -0.1) is 0 Å². The molecular formula is C21H26N2O4S. The number of anilines is 1. The average Bonchev–Trinajstić information content (AvgIpc) is 3.04. The summed E-state index contributed by atoms with van der Waals surface area (Å²) in [6, 6.07) is 12.6. The maximum atomic E-state index is 12.1. The second kappa shape index (κ2) is 8.43. The van der Waals surface area contributed by atoms with E-state index >= 15 is 0 Å². The lowest BCUT2D eigenvalue weighted by atomic mass is 10.1. The highest BCUT2D eigenvalue weighted by Gasteiger charge is 2.21. The zero-order valence-electron chi connectivity index (χ0n) is 16.2. The number of ketones is 1. The molecule has 2 aromatic carbocycles. The van der Waals surface area contributed by atoms with E-state index in [1.165, 1.54) is 19.1 Å². The first-order chi connectivity index (χ1) is 13.2. The fourth-order valence-corrected chi connectivity index (χ4v) is 4.33. The molecule has 6 nitrogen and oxygen atoms in total. The molecule has 1 saturated heterocycles. The Bertz CT molecular complexity index is 972. The Morgan fingerprint density at radius 3 is 2.54 bits per heavy atom. The molecule has 28 heavy (non-hydrogen) atoms. The fourth-order valence-electron chi connectivity index (χ4n) is 3.48. The van der Waals surface area contributed by atoms with E-state index in [0.717, 1.165) is 36.9 Å². The van der Waals surface area contributed by atoms with Crippen molar-refractivity contribution in [2.75, 3.05) is 24.7 Å². The molecule has 0 aromatic heterocycles. The van der Waals surface area contributed by atoms with Crippen LogP contribution in [0.1, 0.15) is 34.8 Å². The molecule has 3 rings (SSSR count). The van der Waals surface area contributed by atoms with Crippen molar-refractivity contribution >= 4 is 21.3 Å². The molecular weight excluding hydrogens is 376 g/mol. The minimum atomic E-state index is -3.43. The summed E-state index contributed by atoms with van der Waals surface area (Å²) in [4.78, 5) is 14.1. The predicted octanol–water partition coefficient (Wildman–Crippen LogP) is 2.47. The van der Waals surface area contributed by atoms with Crippen LogP contribution in [-0.4, -0.2) is 49.7 Å². The lowest BCUT2D eigenvalue weighted by Crippen LogP contribution is -2.22. The first-order valence-corrected chi connectivity index (χ1v) is 11.2. The van der Waals surface area contributed by atoms with Gasteiger partial charge in [-0.1, -0.05) is 24.3 Å². The van der Waals surface area contributed by atoms with Crippen LogP contribution in [0.3, 0.4) is 0 Å². The Hall–Kier alpha value is -2.22. The summed E-state index contributed by atoms with van der Waals surface area (Å²) < 4.78 is 24.2. The number of nitrogens with one attached hydrogen (secondary N) is 1. The van der Waals surface area contributed by atoms with Crippen LogP contribution < -0.4 is 5.32 Å². The van der Waals surface area contributed by atoms with Crippen LogP contribution in [0.5, 0.6) is 0 Å². The Balaban J connectivity index is 1.82. The SMILES string of the molecule is CC(=O)c1ccc(S(C)(=O)=O)c(NCc2ccccc2CN2CCC(O)C2)c1. The monoisotopic (exact) mass is 402 g/mol. The standard InChI is InChI=1S/C21H26N2O4S/c1-15(24)16-7-8-21(28(2,26)27)20(11-16)22-12-17-5-3-4-6-18(17)13-23-10-9-19(25)14-23/h3-8,11,19,22,25H,9-10,12-14H2,1-2H3. The Kier molecular flexibility index (Phi) is 6.17. The van der Waals surface area contributed by atoms with Gasteiger partial charge in [0.15, 0.2) is 15.6 Å². The van der Waals surface area contributed by atoms with E-state index in [9.17, 15) is 18.3 Å². The molecule has 1 fully saturated rings. The third-order valence-electron chi connectivity index (χ3n) is 5.01. The molecule has 7 heteroatoms. The summed E-state index contributed by atoms with van der Waals surface area (Å²) in [5.41, 5.74) is 3.08. The molecule has 150 valence electrons. The van der Waals surface area contributed by atoms with E-state index in [0.29, 0.717) is 24.3 Å². The van der Waals surface area contributed by atoms with Crippen molar-refractivity contribution in [3.63, 3.8) is 0 Å². The van der Waals surface area contributed by atoms with Gasteiger partial charge in [0.05, 0.1) is 16.7 Å². The second-order valence-corrected chi connectivity index (χ2v) is 9.32. The molecule has 1 aliphatic heterocycles. The highest BCUT2D eigenvalue weighted by molar-refractivity contribution is 7.90. The van der Waals surface area contributed by atoms with E-state index in [1.807, 2.05) is 24.3 Å². The number of nitrogens with zero attached hydrogens (tertiary/aromatic N) is 1. The van der Waals surface area contributed by atoms with E-state index in [4.69, 9.17) is 0 Å². The number of aliphatic hydroxyl groups is 1. The number of carbonyl (C=O) groups is 1. The van der Waals surface area contributed by atoms with Crippen LogP contribution in [0, 0.1) is 0 Å². The topological polar surface area (TPSA) is 86.7 Å². The second-order valence-electron chi connectivity index (χ2n) is 7.34. The zero-order chi connectivity index (χ0) is 20.3. The summed E-state index contributed by atoms with van der Waals surface area (Å²) in [5, 5.41) is 12.9.